The third-order valence-electron chi connectivity index (χ3n) is 3.61. The van der Waals surface area contributed by atoms with E-state index in [1.807, 2.05) is 12.1 Å². The third kappa shape index (κ3) is 2.63. The normalized spacial score (nSPS) is 15.6. The van der Waals surface area contributed by atoms with Crippen molar-refractivity contribution in [1.82, 2.24) is 0 Å². The Labute approximate surface area is 109 Å². The molecule has 1 aliphatic carbocycles. The van der Waals surface area contributed by atoms with Crippen molar-refractivity contribution in [3.63, 3.8) is 0 Å². The van der Waals surface area contributed by atoms with Crippen LogP contribution in [0.1, 0.15) is 66.9 Å². The largest absolute Gasteiger partial charge is 0.366 e. The first-order valence-electron chi connectivity index (χ1n) is 6.72. The van der Waals surface area contributed by atoms with Crippen molar-refractivity contribution in [2.75, 3.05) is 0 Å². The topological polar surface area (TPSA) is 43.1 Å². The van der Waals surface area contributed by atoms with E-state index in [9.17, 15) is 4.79 Å². The van der Waals surface area contributed by atoms with Crippen molar-refractivity contribution in [2.45, 2.75) is 45.4 Å². The maximum Gasteiger partial charge on any atom is 0.249 e. The van der Waals surface area contributed by atoms with Gasteiger partial charge in [0.1, 0.15) is 0 Å². The molecule has 0 bridgehead atoms. The zero-order valence-electron chi connectivity index (χ0n) is 11.2. The van der Waals surface area contributed by atoms with E-state index in [-0.39, 0.29) is 5.91 Å². The summed E-state index contributed by atoms with van der Waals surface area (Å²) in [5.74, 6) is 0.140. The maximum absolute atomic E-state index is 11.5. The summed E-state index contributed by atoms with van der Waals surface area (Å²) in [4.78, 5) is 11.5. The first kappa shape index (κ1) is 12.9. The summed E-state index contributed by atoms with van der Waals surface area (Å²) in [6, 6.07) is 6.03. The van der Waals surface area contributed by atoms with Gasteiger partial charge in [0, 0.05) is 5.56 Å². The quantitative estimate of drug-likeness (QED) is 0.860. The average Bonchev–Trinajstić information content (AvgIpc) is 2.39. The van der Waals surface area contributed by atoms with Crippen LogP contribution < -0.4 is 5.73 Å². The molecule has 2 rings (SSSR count). The van der Waals surface area contributed by atoms with Crippen LogP contribution in [0.4, 0.5) is 0 Å². The monoisotopic (exact) mass is 243 g/mol. The van der Waals surface area contributed by atoms with Crippen molar-refractivity contribution >= 4 is 11.5 Å². The molecule has 2 nitrogen and oxygen atoms in total. The van der Waals surface area contributed by atoms with E-state index in [1.54, 1.807) is 0 Å². The van der Waals surface area contributed by atoms with Gasteiger partial charge < -0.3 is 5.73 Å². The molecule has 2 N–H and O–H groups in total. The van der Waals surface area contributed by atoms with Crippen LogP contribution in [0.5, 0.6) is 0 Å². The molecule has 0 saturated carbocycles. The summed E-state index contributed by atoms with van der Waals surface area (Å²) in [5, 5.41) is 0. The first-order chi connectivity index (χ1) is 8.59. The van der Waals surface area contributed by atoms with Gasteiger partial charge in [0.05, 0.1) is 0 Å². The minimum atomic E-state index is -0.327. The lowest BCUT2D eigenvalue weighted by Gasteiger charge is -2.17. The summed E-state index contributed by atoms with van der Waals surface area (Å²) < 4.78 is 0. The van der Waals surface area contributed by atoms with Crippen LogP contribution in [0.15, 0.2) is 24.3 Å². The van der Waals surface area contributed by atoms with Gasteiger partial charge in [0.2, 0.25) is 5.91 Å². The van der Waals surface area contributed by atoms with Crippen molar-refractivity contribution in [3.05, 3.63) is 41.0 Å². The van der Waals surface area contributed by atoms with Crippen molar-refractivity contribution < 1.29 is 4.79 Å². The number of allylic oxidation sites excluding steroid dienone is 2. The van der Waals surface area contributed by atoms with Gasteiger partial charge in [-0.05, 0) is 54.4 Å². The highest BCUT2D eigenvalue weighted by molar-refractivity contribution is 5.98. The van der Waals surface area contributed by atoms with E-state index >= 15 is 0 Å². The minimum Gasteiger partial charge on any atom is -0.366 e. The molecule has 0 heterocycles. The van der Waals surface area contributed by atoms with E-state index in [0.29, 0.717) is 11.5 Å². The molecule has 1 aromatic carbocycles. The van der Waals surface area contributed by atoms with E-state index in [0.717, 1.165) is 18.4 Å². The number of carbonyl (C=O) groups excluding carboxylic acids is 1. The molecule has 1 aromatic rings. The smallest absolute Gasteiger partial charge is 0.249 e. The van der Waals surface area contributed by atoms with Gasteiger partial charge in [-0.2, -0.15) is 0 Å². The highest BCUT2D eigenvalue weighted by atomic mass is 16.1. The lowest BCUT2D eigenvalue weighted by atomic mass is 9.88. The molecule has 1 amide bonds. The van der Waals surface area contributed by atoms with Gasteiger partial charge in [-0.3, -0.25) is 4.79 Å². The number of primary amides is 1. The Morgan fingerprint density at radius 3 is 2.61 bits per heavy atom. The molecule has 0 aromatic heterocycles. The Kier molecular flexibility index (Phi) is 3.85. The molecule has 18 heavy (non-hydrogen) atoms. The number of benzene rings is 1. The molecule has 0 unspecified atom stereocenters. The highest BCUT2D eigenvalue weighted by Gasteiger charge is 2.15. The Bertz CT molecular complexity index is 486. The standard InChI is InChI=1S/C16H21NO/c1-11(2)13-8-9-14(16(17)18)15(10-13)12-6-4-3-5-7-12/h6,8-11H,3-5,7H2,1-2H3,(H2,17,18). The van der Waals surface area contributed by atoms with E-state index < -0.39 is 0 Å². The third-order valence-corrected chi connectivity index (χ3v) is 3.61. The molecule has 0 saturated heterocycles. The molecule has 2 heteroatoms. The molecule has 96 valence electrons. The summed E-state index contributed by atoms with van der Waals surface area (Å²) in [6.07, 6.45) is 6.88. The molecule has 1 aliphatic rings. The van der Waals surface area contributed by atoms with Crippen LogP contribution in [0.3, 0.4) is 0 Å². The number of hydrogen-bond donors (Lipinski definition) is 1. The van der Waals surface area contributed by atoms with Gasteiger partial charge in [0.15, 0.2) is 0 Å². The van der Waals surface area contributed by atoms with Crippen LogP contribution in [0.25, 0.3) is 5.57 Å². The van der Waals surface area contributed by atoms with E-state index in [2.05, 4.69) is 26.0 Å². The second kappa shape index (κ2) is 5.38. The molecular weight excluding hydrogens is 222 g/mol. The second-order valence-electron chi connectivity index (χ2n) is 5.30. The number of hydrogen-bond acceptors (Lipinski definition) is 1. The van der Waals surface area contributed by atoms with Crippen LogP contribution in [-0.2, 0) is 0 Å². The predicted octanol–water partition coefficient (Wildman–Crippen LogP) is 3.87. The predicted molar refractivity (Wildman–Crippen MR) is 75.5 cm³/mol. The maximum atomic E-state index is 11.5. The molecule has 0 fully saturated rings. The number of carbonyl (C=O) groups is 1. The lowest BCUT2D eigenvalue weighted by molar-refractivity contribution is 0.1000. The fourth-order valence-corrected chi connectivity index (χ4v) is 2.48. The van der Waals surface area contributed by atoms with E-state index in [1.165, 1.54) is 24.0 Å². The van der Waals surface area contributed by atoms with Crippen LogP contribution in [-0.4, -0.2) is 5.91 Å². The molecule has 0 aliphatic heterocycles. The van der Waals surface area contributed by atoms with Gasteiger partial charge in [-0.15, -0.1) is 0 Å². The number of nitrogens with two attached hydrogens (primary N) is 1. The Morgan fingerprint density at radius 1 is 1.28 bits per heavy atom. The molecule has 0 radical (unpaired) electrons. The number of amides is 1. The fourth-order valence-electron chi connectivity index (χ4n) is 2.48. The van der Waals surface area contributed by atoms with E-state index in [4.69, 9.17) is 5.73 Å². The zero-order valence-corrected chi connectivity index (χ0v) is 11.2. The summed E-state index contributed by atoms with van der Waals surface area (Å²) >= 11 is 0. The Hall–Kier alpha value is -1.57. The highest BCUT2D eigenvalue weighted by Crippen LogP contribution is 2.31. The fraction of sp³-hybridized carbons (Fsp3) is 0.438. The van der Waals surface area contributed by atoms with Crippen molar-refractivity contribution in [3.8, 4) is 0 Å². The van der Waals surface area contributed by atoms with Gasteiger partial charge in [-0.25, -0.2) is 0 Å². The summed E-state index contributed by atoms with van der Waals surface area (Å²) in [5.41, 5.74) is 9.75. The zero-order chi connectivity index (χ0) is 13.1. The van der Waals surface area contributed by atoms with Crippen LogP contribution >= 0.6 is 0 Å². The summed E-state index contributed by atoms with van der Waals surface area (Å²) in [6.45, 7) is 4.33. The first-order valence-corrected chi connectivity index (χ1v) is 6.72. The Balaban J connectivity index is 2.49. The van der Waals surface area contributed by atoms with Gasteiger partial charge in [0.25, 0.3) is 0 Å². The average molecular weight is 243 g/mol. The van der Waals surface area contributed by atoms with Crippen molar-refractivity contribution in [2.24, 2.45) is 5.73 Å². The van der Waals surface area contributed by atoms with Crippen LogP contribution in [0.2, 0.25) is 0 Å². The summed E-state index contributed by atoms with van der Waals surface area (Å²) in [7, 11) is 0. The SMILES string of the molecule is CC(C)c1ccc(C(N)=O)c(C2=CCCCC2)c1. The molecule has 0 spiro atoms. The van der Waals surface area contributed by atoms with Gasteiger partial charge in [-0.1, -0.05) is 32.1 Å². The van der Waals surface area contributed by atoms with Crippen LogP contribution in [0, 0.1) is 0 Å². The molecular formula is C16H21NO. The second-order valence-corrected chi connectivity index (χ2v) is 5.30. The van der Waals surface area contributed by atoms with Crippen molar-refractivity contribution in [1.29, 1.82) is 0 Å². The minimum absolute atomic E-state index is 0.327. The van der Waals surface area contributed by atoms with Gasteiger partial charge >= 0.3 is 0 Å². The number of rotatable bonds is 3. The Morgan fingerprint density at radius 2 is 2.06 bits per heavy atom. The molecule has 0 atom stereocenters. The lowest BCUT2D eigenvalue weighted by Crippen LogP contribution is -2.14.